The number of hydrogen-bond acceptors (Lipinski definition) is 4. The van der Waals surface area contributed by atoms with Gasteiger partial charge in [0.05, 0.1) is 18.7 Å². The maximum atomic E-state index is 12.4. The number of hydrogen-bond donors (Lipinski definition) is 1. The molecule has 108 valence electrons. The van der Waals surface area contributed by atoms with E-state index in [2.05, 4.69) is 4.90 Å². The third-order valence-corrected chi connectivity index (χ3v) is 4.08. The second kappa shape index (κ2) is 5.81. The molecule has 2 atom stereocenters. The molecule has 2 N–H and O–H groups in total. The number of carbonyl (C=O) groups is 1. The monoisotopic (exact) mass is 275 g/mol. The van der Waals surface area contributed by atoms with E-state index in [9.17, 15) is 4.79 Å². The van der Waals surface area contributed by atoms with Crippen LogP contribution < -0.4 is 5.73 Å². The molecule has 2 aliphatic rings. The van der Waals surface area contributed by atoms with Crippen LogP contribution in [-0.4, -0.2) is 47.9 Å². The van der Waals surface area contributed by atoms with Crippen LogP contribution in [-0.2, 0) is 11.3 Å². The Morgan fingerprint density at radius 2 is 2.10 bits per heavy atom. The van der Waals surface area contributed by atoms with Crippen LogP contribution in [0.5, 0.6) is 0 Å². The fraction of sp³-hybridized carbons (Fsp3) is 0.533. The summed E-state index contributed by atoms with van der Waals surface area (Å²) in [5.74, 6) is 1.20. The topological polar surface area (TPSA) is 62.7 Å². The minimum atomic E-state index is -0.0124. The van der Waals surface area contributed by atoms with Crippen LogP contribution in [0.1, 0.15) is 12.2 Å². The van der Waals surface area contributed by atoms with E-state index in [1.165, 1.54) is 0 Å². The van der Waals surface area contributed by atoms with Gasteiger partial charge in [0.15, 0.2) is 0 Å². The normalized spacial score (nSPS) is 27.1. The number of nitrogens with zero attached hydrogens (tertiary/aromatic N) is 2. The van der Waals surface area contributed by atoms with Gasteiger partial charge in [0.25, 0.3) is 0 Å². The van der Waals surface area contributed by atoms with E-state index in [1.54, 1.807) is 6.26 Å². The van der Waals surface area contributed by atoms with Crippen molar-refractivity contribution in [1.29, 1.82) is 0 Å². The summed E-state index contributed by atoms with van der Waals surface area (Å²) >= 11 is 0. The molecule has 5 heteroatoms. The second-order valence-electron chi connectivity index (χ2n) is 5.57. The van der Waals surface area contributed by atoms with Gasteiger partial charge in [-0.15, -0.1) is 0 Å². The maximum Gasteiger partial charge on any atom is 0.229 e. The van der Waals surface area contributed by atoms with Gasteiger partial charge in [-0.3, -0.25) is 9.69 Å². The highest BCUT2D eigenvalue weighted by atomic mass is 16.3. The van der Waals surface area contributed by atoms with Crippen molar-refractivity contribution in [3.63, 3.8) is 0 Å². The van der Waals surface area contributed by atoms with Gasteiger partial charge < -0.3 is 15.1 Å². The number of rotatable bonds is 3. The highest BCUT2D eigenvalue weighted by molar-refractivity contribution is 5.81. The number of piperazine rings is 1. The molecule has 2 heterocycles. The van der Waals surface area contributed by atoms with E-state index < -0.39 is 0 Å². The van der Waals surface area contributed by atoms with Crippen LogP contribution in [0.25, 0.3) is 0 Å². The molecule has 20 heavy (non-hydrogen) atoms. The van der Waals surface area contributed by atoms with E-state index in [0.717, 1.165) is 44.9 Å². The molecule has 0 radical (unpaired) electrons. The molecule has 1 amide bonds. The number of carbonyl (C=O) groups excluding carboxylic acids is 1. The zero-order valence-corrected chi connectivity index (χ0v) is 11.6. The molecular weight excluding hydrogens is 254 g/mol. The summed E-state index contributed by atoms with van der Waals surface area (Å²) < 4.78 is 5.36. The van der Waals surface area contributed by atoms with Crippen molar-refractivity contribution in [1.82, 2.24) is 9.80 Å². The Bertz CT molecular complexity index is 475. The lowest BCUT2D eigenvalue weighted by molar-refractivity contribution is -0.135. The summed E-state index contributed by atoms with van der Waals surface area (Å²) in [7, 11) is 0. The summed E-state index contributed by atoms with van der Waals surface area (Å²) in [6.07, 6.45) is 6.36. The molecule has 0 aromatic carbocycles. The van der Waals surface area contributed by atoms with Crippen molar-refractivity contribution in [2.24, 2.45) is 11.7 Å². The summed E-state index contributed by atoms with van der Waals surface area (Å²) in [5, 5.41) is 0. The molecule has 0 bridgehead atoms. The lowest BCUT2D eigenvalue weighted by atomic mass is 10.1. The zero-order valence-electron chi connectivity index (χ0n) is 11.6. The van der Waals surface area contributed by atoms with Crippen LogP contribution >= 0.6 is 0 Å². The zero-order chi connectivity index (χ0) is 13.9. The molecular formula is C15H21N3O2. The van der Waals surface area contributed by atoms with Crippen LogP contribution in [0.3, 0.4) is 0 Å². The van der Waals surface area contributed by atoms with E-state index >= 15 is 0 Å². The molecule has 1 saturated heterocycles. The third-order valence-electron chi connectivity index (χ3n) is 4.08. The van der Waals surface area contributed by atoms with E-state index in [0.29, 0.717) is 0 Å². The van der Waals surface area contributed by atoms with Crippen LogP contribution in [0.15, 0.2) is 35.0 Å². The van der Waals surface area contributed by atoms with Gasteiger partial charge in [-0.2, -0.15) is 0 Å². The first-order valence-corrected chi connectivity index (χ1v) is 7.20. The molecule has 2 unspecified atom stereocenters. The minimum absolute atomic E-state index is 0.0124. The van der Waals surface area contributed by atoms with E-state index in [1.807, 2.05) is 29.2 Å². The molecule has 1 aliphatic heterocycles. The molecule has 1 aliphatic carbocycles. The largest absolute Gasteiger partial charge is 0.468 e. The molecule has 1 aromatic heterocycles. The minimum Gasteiger partial charge on any atom is -0.468 e. The smallest absolute Gasteiger partial charge is 0.229 e. The van der Waals surface area contributed by atoms with Gasteiger partial charge in [0.1, 0.15) is 5.76 Å². The lowest BCUT2D eigenvalue weighted by Crippen LogP contribution is -2.49. The Labute approximate surface area is 119 Å². The number of amides is 1. The lowest BCUT2D eigenvalue weighted by Gasteiger charge is -2.35. The van der Waals surface area contributed by atoms with Crippen LogP contribution in [0.2, 0.25) is 0 Å². The number of nitrogens with two attached hydrogens (primary N) is 1. The fourth-order valence-electron chi connectivity index (χ4n) is 2.89. The first-order valence-electron chi connectivity index (χ1n) is 7.20. The first-order chi connectivity index (χ1) is 9.72. The summed E-state index contributed by atoms with van der Waals surface area (Å²) in [5.41, 5.74) is 5.81. The van der Waals surface area contributed by atoms with Crippen LogP contribution in [0.4, 0.5) is 0 Å². The molecule has 1 fully saturated rings. The van der Waals surface area contributed by atoms with Crippen molar-refractivity contribution in [3.05, 3.63) is 36.3 Å². The van der Waals surface area contributed by atoms with Crippen molar-refractivity contribution in [2.45, 2.75) is 19.0 Å². The SMILES string of the molecule is NC1C=CC(C(=O)N2CCN(Cc3ccco3)CC2)C1. The van der Waals surface area contributed by atoms with Gasteiger partial charge in [-0.05, 0) is 18.6 Å². The molecule has 5 nitrogen and oxygen atoms in total. The maximum absolute atomic E-state index is 12.4. The summed E-state index contributed by atoms with van der Waals surface area (Å²) in [6, 6.07) is 3.94. The average Bonchev–Trinajstić information content (AvgIpc) is 3.10. The van der Waals surface area contributed by atoms with E-state index in [-0.39, 0.29) is 17.9 Å². The average molecular weight is 275 g/mol. The Hall–Kier alpha value is -1.59. The van der Waals surface area contributed by atoms with Gasteiger partial charge in [0, 0.05) is 32.2 Å². The van der Waals surface area contributed by atoms with Crippen molar-refractivity contribution < 1.29 is 9.21 Å². The highest BCUT2D eigenvalue weighted by Crippen LogP contribution is 2.20. The molecule has 0 spiro atoms. The predicted octanol–water partition coefficient (Wildman–Crippen LogP) is 0.827. The van der Waals surface area contributed by atoms with Gasteiger partial charge in [-0.25, -0.2) is 0 Å². The molecule has 3 rings (SSSR count). The van der Waals surface area contributed by atoms with Gasteiger partial charge in [-0.1, -0.05) is 12.2 Å². The van der Waals surface area contributed by atoms with Crippen molar-refractivity contribution in [2.75, 3.05) is 26.2 Å². The van der Waals surface area contributed by atoms with E-state index in [4.69, 9.17) is 10.2 Å². The Balaban J connectivity index is 1.48. The standard InChI is InChI=1S/C15H21N3O2/c16-13-4-3-12(10-13)15(19)18-7-5-17(6-8-18)11-14-2-1-9-20-14/h1-4,9,12-13H,5-8,10-11,16H2. The van der Waals surface area contributed by atoms with Crippen molar-refractivity contribution >= 4 is 5.91 Å². The highest BCUT2D eigenvalue weighted by Gasteiger charge is 2.29. The van der Waals surface area contributed by atoms with Gasteiger partial charge in [0.2, 0.25) is 5.91 Å². The summed E-state index contributed by atoms with van der Waals surface area (Å²) in [4.78, 5) is 16.6. The fourth-order valence-corrected chi connectivity index (χ4v) is 2.89. The quantitative estimate of drug-likeness (QED) is 0.830. The van der Waals surface area contributed by atoms with Gasteiger partial charge >= 0.3 is 0 Å². The predicted molar refractivity (Wildman–Crippen MR) is 75.8 cm³/mol. The third kappa shape index (κ3) is 2.94. The Morgan fingerprint density at radius 1 is 1.30 bits per heavy atom. The van der Waals surface area contributed by atoms with Crippen LogP contribution in [0, 0.1) is 5.92 Å². The first kappa shape index (κ1) is 13.4. The van der Waals surface area contributed by atoms with Crippen molar-refractivity contribution in [3.8, 4) is 0 Å². The number of furan rings is 1. The molecule has 1 aromatic rings. The Morgan fingerprint density at radius 3 is 2.70 bits per heavy atom. The second-order valence-corrected chi connectivity index (χ2v) is 5.57. The Kier molecular flexibility index (Phi) is 3.89. The summed E-state index contributed by atoms with van der Waals surface area (Å²) in [6.45, 7) is 4.20. The molecule has 0 saturated carbocycles.